The third-order valence-electron chi connectivity index (χ3n) is 1.62. The van der Waals surface area contributed by atoms with Crippen molar-refractivity contribution in [1.29, 1.82) is 5.41 Å². The van der Waals surface area contributed by atoms with Gasteiger partial charge in [0, 0.05) is 12.1 Å². The lowest BCUT2D eigenvalue weighted by molar-refractivity contribution is 0.886. The minimum Gasteiger partial charge on any atom is -0.305 e. The largest absolute Gasteiger partial charge is 0.305 e. The van der Waals surface area contributed by atoms with E-state index >= 15 is 0 Å². The molecule has 1 nitrogen and oxygen atoms in total. The highest BCUT2D eigenvalue weighted by Gasteiger charge is 2.01. The van der Waals surface area contributed by atoms with E-state index < -0.39 is 0 Å². The Hall–Kier alpha value is -0.850. The first kappa shape index (κ1) is 7.26. The zero-order valence-corrected chi connectivity index (χ0v) is 6.35. The van der Waals surface area contributed by atoms with E-state index in [2.05, 4.69) is 13.0 Å². The van der Waals surface area contributed by atoms with E-state index in [4.69, 9.17) is 5.41 Å². The summed E-state index contributed by atoms with van der Waals surface area (Å²) in [5.74, 6) is 0. The fourth-order valence-electron chi connectivity index (χ4n) is 1.16. The van der Waals surface area contributed by atoms with Gasteiger partial charge in [0.05, 0.1) is 0 Å². The summed E-state index contributed by atoms with van der Waals surface area (Å²) in [6.07, 6.45) is 9.15. The molecule has 0 atom stereocenters. The molecular formula is C9H13N. The SMILES string of the molecule is CCCC1=CC=CC(=N)C1. The molecule has 0 aromatic carbocycles. The maximum absolute atomic E-state index is 7.37. The van der Waals surface area contributed by atoms with Crippen molar-refractivity contribution in [3.8, 4) is 0 Å². The third-order valence-corrected chi connectivity index (χ3v) is 1.62. The predicted molar refractivity (Wildman–Crippen MR) is 44.5 cm³/mol. The van der Waals surface area contributed by atoms with Crippen molar-refractivity contribution in [3.05, 3.63) is 23.8 Å². The second-order valence-corrected chi connectivity index (χ2v) is 2.64. The minimum absolute atomic E-state index is 0.742. The van der Waals surface area contributed by atoms with Crippen LogP contribution in [0.4, 0.5) is 0 Å². The first-order chi connectivity index (χ1) is 4.83. The molecule has 0 saturated carbocycles. The number of hydrogen-bond donors (Lipinski definition) is 1. The predicted octanol–water partition coefficient (Wildman–Crippen LogP) is 2.69. The van der Waals surface area contributed by atoms with Gasteiger partial charge >= 0.3 is 0 Å². The van der Waals surface area contributed by atoms with Gasteiger partial charge in [0.15, 0.2) is 0 Å². The highest BCUT2D eigenvalue weighted by Crippen LogP contribution is 2.14. The molecule has 0 aromatic rings. The van der Waals surface area contributed by atoms with E-state index in [1.54, 1.807) is 0 Å². The zero-order valence-electron chi connectivity index (χ0n) is 6.35. The van der Waals surface area contributed by atoms with Crippen LogP contribution in [0.5, 0.6) is 0 Å². The minimum atomic E-state index is 0.742. The summed E-state index contributed by atoms with van der Waals surface area (Å²) in [4.78, 5) is 0. The maximum Gasteiger partial charge on any atom is 0.0354 e. The number of allylic oxidation sites excluding steroid dienone is 4. The number of rotatable bonds is 2. The third kappa shape index (κ3) is 1.83. The van der Waals surface area contributed by atoms with E-state index in [1.165, 1.54) is 12.0 Å². The molecule has 0 bridgehead atoms. The van der Waals surface area contributed by atoms with Crippen molar-refractivity contribution in [1.82, 2.24) is 0 Å². The van der Waals surface area contributed by atoms with Gasteiger partial charge in [0.1, 0.15) is 0 Å². The Morgan fingerprint density at radius 2 is 2.40 bits per heavy atom. The first-order valence-electron chi connectivity index (χ1n) is 3.76. The van der Waals surface area contributed by atoms with Gasteiger partial charge in [-0.25, -0.2) is 0 Å². The van der Waals surface area contributed by atoms with E-state index in [1.807, 2.05) is 12.2 Å². The van der Waals surface area contributed by atoms with Crippen LogP contribution in [0, 0.1) is 5.41 Å². The molecule has 10 heavy (non-hydrogen) atoms. The molecule has 1 N–H and O–H groups in total. The number of hydrogen-bond acceptors (Lipinski definition) is 1. The highest BCUT2D eigenvalue weighted by molar-refractivity contribution is 5.95. The van der Waals surface area contributed by atoms with E-state index in [0.29, 0.717) is 0 Å². The molecule has 1 rings (SSSR count). The Bertz CT molecular complexity index is 187. The molecule has 0 amide bonds. The summed E-state index contributed by atoms with van der Waals surface area (Å²) in [5, 5.41) is 7.37. The molecule has 0 fully saturated rings. The molecule has 1 heteroatoms. The summed E-state index contributed by atoms with van der Waals surface area (Å²) in [6.45, 7) is 2.17. The molecule has 0 saturated heterocycles. The first-order valence-corrected chi connectivity index (χ1v) is 3.76. The monoisotopic (exact) mass is 135 g/mol. The lowest BCUT2D eigenvalue weighted by atomic mass is 10.00. The van der Waals surface area contributed by atoms with E-state index in [9.17, 15) is 0 Å². The van der Waals surface area contributed by atoms with Crippen LogP contribution < -0.4 is 0 Å². The molecule has 0 heterocycles. The molecule has 1 aliphatic rings. The van der Waals surface area contributed by atoms with Crippen molar-refractivity contribution in [2.45, 2.75) is 26.2 Å². The molecule has 0 radical (unpaired) electrons. The van der Waals surface area contributed by atoms with Crippen molar-refractivity contribution >= 4 is 5.71 Å². The van der Waals surface area contributed by atoms with Crippen LogP contribution in [0.2, 0.25) is 0 Å². The highest BCUT2D eigenvalue weighted by atomic mass is 14.4. The molecule has 0 spiro atoms. The van der Waals surface area contributed by atoms with Crippen molar-refractivity contribution < 1.29 is 0 Å². The number of nitrogens with one attached hydrogen (secondary N) is 1. The fourth-order valence-corrected chi connectivity index (χ4v) is 1.16. The van der Waals surface area contributed by atoms with Gasteiger partial charge in [0.2, 0.25) is 0 Å². The summed E-state index contributed by atoms with van der Waals surface area (Å²) < 4.78 is 0. The van der Waals surface area contributed by atoms with E-state index in [0.717, 1.165) is 18.6 Å². The van der Waals surface area contributed by atoms with Gasteiger partial charge in [-0.2, -0.15) is 0 Å². The van der Waals surface area contributed by atoms with Crippen molar-refractivity contribution in [2.24, 2.45) is 0 Å². The van der Waals surface area contributed by atoms with Crippen LogP contribution in [-0.4, -0.2) is 5.71 Å². The summed E-state index contributed by atoms with van der Waals surface area (Å²) in [5.41, 5.74) is 2.14. The average Bonchev–Trinajstić information content (AvgIpc) is 1.88. The Morgan fingerprint density at radius 1 is 1.60 bits per heavy atom. The molecular weight excluding hydrogens is 122 g/mol. The molecule has 0 aliphatic heterocycles. The van der Waals surface area contributed by atoms with Crippen LogP contribution >= 0.6 is 0 Å². The lowest BCUT2D eigenvalue weighted by Gasteiger charge is -2.07. The maximum atomic E-state index is 7.37. The van der Waals surface area contributed by atoms with Gasteiger partial charge in [0.25, 0.3) is 0 Å². The van der Waals surface area contributed by atoms with Crippen LogP contribution in [-0.2, 0) is 0 Å². The van der Waals surface area contributed by atoms with Gasteiger partial charge in [-0.05, 0) is 12.5 Å². The van der Waals surface area contributed by atoms with Gasteiger partial charge < -0.3 is 5.41 Å². The Balaban J connectivity index is 2.53. The lowest BCUT2D eigenvalue weighted by Crippen LogP contribution is -1.98. The summed E-state index contributed by atoms with van der Waals surface area (Å²) >= 11 is 0. The second-order valence-electron chi connectivity index (χ2n) is 2.64. The van der Waals surface area contributed by atoms with Gasteiger partial charge in [-0.3, -0.25) is 0 Å². The molecule has 0 unspecified atom stereocenters. The van der Waals surface area contributed by atoms with E-state index in [-0.39, 0.29) is 0 Å². The van der Waals surface area contributed by atoms with Crippen molar-refractivity contribution in [2.75, 3.05) is 0 Å². The van der Waals surface area contributed by atoms with Gasteiger partial charge in [-0.15, -0.1) is 0 Å². The van der Waals surface area contributed by atoms with Crippen LogP contribution in [0.1, 0.15) is 26.2 Å². The second kappa shape index (κ2) is 3.35. The fraction of sp³-hybridized carbons (Fsp3) is 0.444. The molecule has 0 aromatic heterocycles. The Labute approximate surface area is 62.0 Å². The van der Waals surface area contributed by atoms with Crippen molar-refractivity contribution in [3.63, 3.8) is 0 Å². The summed E-state index contributed by atoms with van der Waals surface area (Å²) in [6, 6.07) is 0. The van der Waals surface area contributed by atoms with Gasteiger partial charge in [-0.1, -0.05) is 31.1 Å². The average molecular weight is 135 g/mol. The van der Waals surface area contributed by atoms with Crippen LogP contribution in [0.15, 0.2) is 23.8 Å². The van der Waals surface area contributed by atoms with Crippen LogP contribution in [0.3, 0.4) is 0 Å². The normalized spacial score (nSPS) is 17.3. The standard InChI is InChI=1S/C9H13N/c1-2-4-8-5-3-6-9(10)7-8/h3,5-6,10H,2,4,7H2,1H3. The Morgan fingerprint density at radius 3 is 3.00 bits per heavy atom. The molecule has 1 aliphatic carbocycles. The zero-order chi connectivity index (χ0) is 7.40. The Kier molecular flexibility index (Phi) is 2.43. The topological polar surface area (TPSA) is 23.9 Å². The molecule has 54 valence electrons. The van der Waals surface area contributed by atoms with Crippen LogP contribution in [0.25, 0.3) is 0 Å². The summed E-state index contributed by atoms with van der Waals surface area (Å²) in [7, 11) is 0. The smallest absolute Gasteiger partial charge is 0.0354 e. The quantitative estimate of drug-likeness (QED) is 0.602.